The van der Waals surface area contributed by atoms with E-state index < -0.39 is 0 Å². The summed E-state index contributed by atoms with van der Waals surface area (Å²) in [4.78, 5) is 16.0. The highest BCUT2D eigenvalue weighted by atomic mass is 35.5. The molecule has 0 spiro atoms. The fourth-order valence-electron chi connectivity index (χ4n) is 1.52. The number of halogens is 2. The van der Waals surface area contributed by atoms with Gasteiger partial charge in [0.05, 0.1) is 15.7 Å². The van der Waals surface area contributed by atoms with Gasteiger partial charge in [-0.25, -0.2) is 0 Å². The monoisotopic (exact) mass is 295 g/mol. The number of nitrogens with zero attached hydrogens (tertiary/aromatic N) is 1. The summed E-state index contributed by atoms with van der Waals surface area (Å²) in [5, 5.41) is 3.27. The number of nitrogens with two attached hydrogens (primary N) is 1. The van der Waals surface area contributed by atoms with Crippen molar-refractivity contribution < 1.29 is 4.79 Å². The lowest BCUT2D eigenvalue weighted by molar-refractivity contribution is 0.102. The second kappa shape index (κ2) is 5.47. The average Bonchev–Trinajstić information content (AvgIpc) is 2.38. The van der Waals surface area contributed by atoms with Gasteiger partial charge < -0.3 is 11.1 Å². The third kappa shape index (κ3) is 2.97. The summed E-state index contributed by atoms with van der Waals surface area (Å²) in [5.74, 6) is -0.307. The number of anilines is 2. The number of amides is 1. The first-order chi connectivity index (χ1) is 8.99. The van der Waals surface area contributed by atoms with Crippen LogP contribution in [0.15, 0.2) is 30.6 Å². The molecule has 4 nitrogen and oxygen atoms in total. The highest BCUT2D eigenvalue weighted by Crippen LogP contribution is 2.29. The van der Waals surface area contributed by atoms with Crippen molar-refractivity contribution in [3.05, 3.63) is 51.8 Å². The van der Waals surface area contributed by atoms with Crippen molar-refractivity contribution in [2.45, 2.75) is 6.92 Å². The lowest BCUT2D eigenvalue weighted by Crippen LogP contribution is -2.13. The van der Waals surface area contributed by atoms with E-state index in [2.05, 4.69) is 10.3 Å². The van der Waals surface area contributed by atoms with Gasteiger partial charge in [0.15, 0.2) is 0 Å². The standard InChI is InChI=1S/C13H11Cl2N3O/c1-7-6-17-3-2-11(7)18-13(19)8-4-9(14)12(16)10(15)5-8/h2-6H,16H2,1H3,(H,17,18,19). The maximum absolute atomic E-state index is 12.1. The molecule has 0 radical (unpaired) electrons. The zero-order chi connectivity index (χ0) is 14.0. The molecule has 2 rings (SSSR count). The smallest absolute Gasteiger partial charge is 0.255 e. The van der Waals surface area contributed by atoms with Crippen LogP contribution in [0.25, 0.3) is 0 Å². The molecule has 0 bridgehead atoms. The molecule has 98 valence electrons. The predicted molar refractivity (Wildman–Crippen MR) is 77.8 cm³/mol. The van der Waals surface area contributed by atoms with E-state index in [0.717, 1.165) is 5.56 Å². The third-order valence-electron chi connectivity index (χ3n) is 2.61. The molecule has 0 aliphatic carbocycles. The molecule has 6 heteroatoms. The number of carbonyl (C=O) groups is 1. The Morgan fingerprint density at radius 1 is 1.32 bits per heavy atom. The van der Waals surface area contributed by atoms with Gasteiger partial charge in [0.2, 0.25) is 0 Å². The Kier molecular flexibility index (Phi) is 3.93. The van der Waals surface area contributed by atoms with Gasteiger partial charge in [-0.1, -0.05) is 23.2 Å². The van der Waals surface area contributed by atoms with Gasteiger partial charge in [-0.05, 0) is 30.7 Å². The highest BCUT2D eigenvalue weighted by molar-refractivity contribution is 6.39. The molecule has 0 unspecified atom stereocenters. The van der Waals surface area contributed by atoms with Gasteiger partial charge in [0.25, 0.3) is 5.91 Å². The Bertz CT molecular complexity index is 621. The molecule has 1 heterocycles. The quantitative estimate of drug-likeness (QED) is 0.833. The molecular weight excluding hydrogens is 285 g/mol. The van der Waals surface area contributed by atoms with Crippen molar-refractivity contribution in [2.24, 2.45) is 0 Å². The van der Waals surface area contributed by atoms with Crippen molar-refractivity contribution in [3.63, 3.8) is 0 Å². The van der Waals surface area contributed by atoms with Gasteiger partial charge in [0, 0.05) is 23.6 Å². The zero-order valence-electron chi connectivity index (χ0n) is 10.1. The SMILES string of the molecule is Cc1cnccc1NC(=O)c1cc(Cl)c(N)c(Cl)c1. The van der Waals surface area contributed by atoms with E-state index in [0.29, 0.717) is 11.3 Å². The van der Waals surface area contributed by atoms with E-state index in [4.69, 9.17) is 28.9 Å². The zero-order valence-corrected chi connectivity index (χ0v) is 11.6. The number of pyridine rings is 1. The summed E-state index contributed by atoms with van der Waals surface area (Å²) in [6.45, 7) is 1.85. The van der Waals surface area contributed by atoms with Crippen molar-refractivity contribution in [3.8, 4) is 0 Å². The number of nitrogen functional groups attached to an aromatic ring is 1. The summed E-state index contributed by atoms with van der Waals surface area (Å²) in [6, 6.07) is 4.68. The van der Waals surface area contributed by atoms with Gasteiger partial charge in [-0.15, -0.1) is 0 Å². The van der Waals surface area contributed by atoms with Crippen LogP contribution in [0.3, 0.4) is 0 Å². The first kappa shape index (κ1) is 13.6. The van der Waals surface area contributed by atoms with Gasteiger partial charge >= 0.3 is 0 Å². The molecule has 0 atom stereocenters. The molecule has 2 aromatic rings. The van der Waals surface area contributed by atoms with Gasteiger partial charge in [-0.3, -0.25) is 9.78 Å². The Morgan fingerprint density at radius 2 is 1.95 bits per heavy atom. The highest BCUT2D eigenvalue weighted by Gasteiger charge is 2.12. The number of benzene rings is 1. The maximum atomic E-state index is 12.1. The summed E-state index contributed by atoms with van der Waals surface area (Å²) in [6.07, 6.45) is 3.27. The minimum absolute atomic E-state index is 0.254. The number of hydrogen-bond acceptors (Lipinski definition) is 3. The molecule has 1 amide bonds. The minimum atomic E-state index is -0.307. The van der Waals surface area contributed by atoms with Crippen LogP contribution in [0.2, 0.25) is 10.0 Å². The molecule has 0 fully saturated rings. The van der Waals surface area contributed by atoms with Crippen LogP contribution in [0.5, 0.6) is 0 Å². The summed E-state index contributed by atoms with van der Waals surface area (Å²) < 4.78 is 0. The Morgan fingerprint density at radius 3 is 2.53 bits per heavy atom. The van der Waals surface area contributed by atoms with Crippen molar-refractivity contribution in [1.82, 2.24) is 4.98 Å². The average molecular weight is 296 g/mol. The maximum Gasteiger partial charge on any atom is 0.255 e. The lowest BCUT2D eigenvalue weighted by atomic mass is 10.1. The van der Waals surface area contributed by atoms with E-state index in [1.54, 1.807) is 18.5 Å². The fraction of sp³-hybridized carbons (Fsp3) is 0.0769. The summed E-state index contributed by atoms with van der Waals surface area (Å²) in [5.41, 5.74) is 7.78. The van der Waals surface area contributed by atoms with Crippen LogP contribution in [-0.4, -0.2) is 10.9 Å². The second-order valence-corrected chi connectivity index (χ2v) is 4.81. The topological polar surface area (TPSA) is 68.0 Å². The predicted octanol–water partition coefficient (Wildman–Crippen LogP) is 3.53. The van der Waals surface area contributed by atoms with E-state index >= 15 is 0 Å². The minimum Gasteiger partial charge on any atom is -0.396 e. The molecule has 1 aromatic carbocycles. The summed E-state index contributed by atoms with van der Waals surface area (Å²) >= 11 is 11.8. The first-order valence-corrected chi connectivity index (χ1v) is 6.21. The number of rotatable bonds is 2. The Labute approximate surface area is 120 Å². The molecule has 0 saturated carbocycles. The van der Waals surface area contributed by atoms with Gasteiger partial charge in [0.1, 0.15) is 0 Å². The first-order valence-electron chi connectivity index (χ1n) is 5.45. The third-order valence-corrected chi connectivity index (χ3v) is 3.24. The molecule has 0 saturated heterocycles. The van der Waals surface area contributed by atoms with Gasteiger partial charge in [-0.2, -0.15) is 0 Å². The van der Waals surface area contributed by atoms with Crippen LogP contribution in [0.4, 0.5) is 11.4 Å². The lowest BCUT2D eigenvalue weighted by Gasteiger charge is -2.09. The molecule has 0 aliphatic heterocycles. The second-order valence-electron chi connectivity index (χ2n) is 4.00. The van der Waals surface area contributed by atoms with Crippen LogP contribution in [-0.2, 0) is 0 Å². The number of hydrogen-bond donors (Lipinski definition) is 2. The van der Waals surface area contributed by atoms with E-state index in [1.807, 2.05) is 6.92 Å². The van der Waals surface area contributed by atoms with E-state index in [-0.39, 0.29) is 21.6 Å². The normalized spacial score (nSPS) is 10.3. The molecule has 19 heavy (non-hydrogen) atoms. The van der Waals surface area contributed by atoms with Crippen LogP contribution < -0.4 is 11.1 Å². The Balaban J connectivity index is 2.28. The van der Waals surface area contributed by atoms with Crippen molar-refractivity contribution in [1.29, 1.82) is 0 Å². The largest absolute Gasteiger partial charge is 0.396 e. The molecular formula is C13H11Cl2N3O. The van der Waals surface area contributed by atoms with E-state index in [1.165, 1.54) is 12.1 Å². The molecule has 1 aromatic heterocycles. The Hall–Kier alpha value is -1.78. The fourth-order valence-corrected chi connectivity index (χ4v) is 2.01. The number of aryl methyl sites for hydroxylation is 1. The van der Waals surface area contributed by atoms with Crippen molar-refractivity contribution in [2.75, 3.05) is 11.1 Å². The number of aromatic nitrogens is 1. The summed E-state index contributed by atoms with van der Waals surface area (Å²) in [7, 11) is 0. The van der Waals surface area contributed by atoms with Crippen LogP contribution in [0.1, 0.15) is 15.9 Å². The molecule has 0 aliphatic rings. The van der Waals surface area contributed by atoms with Crippen LogP contribution in [0, 0.1) is 6.92 Å². The number of nitrogens with one attached hydrogen (secondary N) is 1. The van der Waals surface area contributed by atoms with Crippen molar-refractivity contribution >= 4 is 40.5 Å². The van der Waals surface area contributed by atoms with E-state index in [9.17, 15) is 4.79 Å². The molecule has 3 N–H and O–H groups in total. The number of carbonyl (C=O) groups excluding carboxylic acids is 1. The van der Waals surface area contributed by atoms with Crippen LogP contribution >= 0.6 is 23.2 Å².